The summed E-state index contributed by atoms with van der Waals surface area (Å²) in [5.74, 6) is -0.235. The average Bonchev–Trinajstić information content (AvgIpc) is 1.85. The first kappa shape index (κ1) is 8.43. The quantitative estimate of drug-likeness (QED) is 0.549. The zero-order valence-corrected chi connectivity index (χ0v) is 5.43. The van der Waals surface area contributed by atoms with Gasteiger partial charge in [0.1, 0.15) is 0 Å². The number of nitrogens with two attached hydrogens (primary N) is 1. The van der Waals surface area contributed by atoms with Crippen molar-refractivity contribution in [1.29, 1.82) is 0 Å². The van der Waals surface area contributed by atoms with Crippen LogP contribution in [0, 0.1) is 6.92 Å². The third kappa shape index (κ3) is 5.30. The fourth-order valence-corrected chi connectivity index (χ4v) is 0.376. The molecule has 53 valence electrons. The Balaban J connectivity index is 3.06. The predicted molar refractivity (Wildman–Crippen MR) is 34.6 cm³/mol. The van der Waals surface area contributed by atoms with Crippen molar-refractivity contribution in [3.05, 3.63) is 6.92 Å². The number of rotatable bonds is 4. The molecule has 0 aromatic carbocycles. The van der Waals surface area contributed by atoms with E-state index in [1.165, 1.54) is 0 Å². The first-order valence-electron chi connectivity index (χ1n) is 2.96. The van der Waals surface area contributed by atoms with Crippen LogP contribution in [0.15, 0.2) is 0 Å². The van der Waals surface area contributed by atoms with Gasteiger partial charge in [-0.3, -0.25) is 4.79 Å². The van der Waals surface area contributed by atoms with Gasteiger partial charge in [0.2, 0.25) is 0 Å². The number of hydrogen-bond donors (Lipinski definition) is 1. The summed E-state index contributed by atoms with van der Waals surface area (Å²) in [6, 6.07) is 0. The maximum atomic E-state index is 10.5. The molecule has 2 N–H and O–H groups in total. The van der Waals surface area contributed by atoms with Crippen LogP contribution in [0.4, 0.5) is 0 Å². The molecule has 0 unspecified atom stereocenters. The summed E-state index contributed by atoms with van der Waals surface area (Å²) in [4.78, 5) is 10.5. The van der Waals surface area contributed by atoms with Gasteiger partial charge >= 0.3 is 5.97 Å². The highest BCUT2D eigenvalue weighted by Crippen LogP contribution is 1.84. The van der Waals surface area contributed by atoms with Crippen LogP contribution in [0.3, 0.4) is 0 Å². The first-order chi connectivity index (χ1) is 4.31. The Morgan fingerprint density at radius 2 is 2.33 bits per heavy atom. The van der Waals surface area contributed by atoms with Crippen molar-refractivity contribution in [3.63, 3.8) is 0 Å². The highest BCUT2D eigenvalue weighted by atomic mass is 16.5. The molecule has 0 fully saturated rings. The third-order valence-corrected chi connectivity index (χ3v) is 0.756. The molecule has 3 nitrogen and oxygen atoms in total. The van der Waals surface area contributed by atoms with E-state index in [-0.39, 0.29) is 5.97 Å². The van der Waals surface area contributed by atoms with Crippen LogP contribution in [0.25, 0.3) is 0 Å². The minimum absolute atomic E-state index is 0.235. The van der Waals surface area contributed by atoms with Crippen LogP contribution in [0.1, 0.15) is 12.8 Å². The van der Waals surface area contributed by atoms with Gasteiger partial charge in [0, 0.05) is 6.54 Å². The summed E-state index contributed by atoms with van der Waals surface area (Å²) in [7, 11) is 0. The zero-order valence-electron chi connectivity index (χ0n) is 5.43. The molecule has 0 atom stereocenters. The molecule has 0 aliphatic rings. The molecular formula is C6H12NO2. The summed E-state index contributed by atoms with van der Waals surface area (Å²) in [6.07, 6.45) is 0.927. The normalized spacial score (nSPS) is 9.11. The number of carbonyl (C=O) groups excluding carboxylic acids is 1. The lowest BCUT2D eigenvalue weighted by molar-refractivity contribution is -0.143. The minimum Gasteiger partial charge on any atom is -0.466 e. The Labute approximate surface area is 55.2 Å². The van der Waals surface area contributed by atoms with Gasteiger partial charge in [-0.2, -0.15) is 0 Å². The van der Waals surface area contributed by atoms with E-state index in [0.717, 1.165) is 0 Å². The van der Waals surface area contributed by atoms with Gasteiger partial charge in [0.25, 0.3) is 0 Å². The lowest BCUT2D eigenvalue weighted by Gasteiger charge is -1.99. The highest BCUT2D eigenvalue weighted by molar-refractivity contribution is 5.69. The van der Waals surface area contributed by atoms with Gasteiger partial charge in [-0.15, -0.1) is 0 Å². The molecule has 1 radical (unpaired) electrons. The topological polar surface area (TPSA) is 52.3 Å². The van der Waals surface area contributed by atoms with E-state index < -0.39 is 0 Å². The second kappa shape index (κ2) is 5.56. The zero-order chi connectivity index (χ0) is 7.11. The molecule has 0 saturated carbocycles. The predicted octanol–water partition coefficient (Wildman–Crippen LogP) is 0.103. The van der Waals surface area contributed by atoms with Crippen LogP contribution in [0.2, 0.25) is 0 Å². The molecule has 0 aromatic rings. The van der Waals surface area contributed by atoms with Crippen molar-refractivity contribution in [2.45, 2.75) is 12.8 Å². The number of carbonyl (C=O) groups is 1. The lowest BCUT2D eigenvalue weighted by atomic mass is 10.4. The van der Waals surface area contributed by atoms with Gasteiger partial charge in [-0.05, 0) is 13.3 Å². The van der Waals surface area contributed by atoms with E-state index >= 15 is 0 Å². The Kier molecular flexibility index (Phi) is 5.21. The van der Waals surface area contributed by atoms with Crippen LogP contribution >= 0.6 is 0 Å². The van der Waals surface area contributed by atoms with Gasteiger partial charge in [0.05, 0.1) is 13.0 Å². The van der Waals surface area contributed by atoms with Crippen molar-refractivity contribution >= 4 is 5.97 Å². The van der Waals surface area contributed by atoms with Gasteiger partial charge < -0.3 is 10.5 Å². The Morgan fingerprint density at radius 1 is 1.67 bits per heavy atom. The van der Waals surface area contributed by atoms with E-state index in [4.69, 9.17) is 5.73 Å². The largest absolute Gasteiger partial charge is 0.466 e. The smallest absolute Gasteiger partial charge is 0.307 e. The average molecular weight is 130 g/mol. The van der Waals surface area contributed by atoms with Crippen molar-refractivity contribution in [2.75, 3.05) is 13.2 Å². The molecule has 0 bridgehead atoms. The van der Waals surface area contributed by atoms with Crippen molar-refractivity contribution in [1.82, 2.24) is 0 Å². The van der Waals surface area contributed by atoms with Gasteiger partial charge in [-0.25, -0.2) is 0 Å². The summed E-state index contributed by atoms with van der Waals surface area (Å²) in [6.45, 7) is 4.27. The molecule has 9 heavy (non-hydrogen) atoms. The second-order valence-electron chi connectivity index (χ2n) is 1.61. The molecule has 0 aliphatic carbocycles. The highest BCUT2D eigenvalue weighted by Gasteiger charge is 1.97. The van der Waals surface area contributed by atoms with Crippen LogP contribution in [0.5, 0.6) is 0 Å². The maximum Gasteiger partial charge on any atom is 0.307 e. The summed E-state index contributed by atoms with van der Waals surface area (Å²) >= 11 is 0. The maximum absolute atomic E-state index is 10.5. The standard InChI is InChI=1S/C6H12NO2/c1-2-5-9-6(8)3-4-7/h1-5,7H2. The Bertz CT molecular complexity index is 83.1. The second-order valence-corrected chi connectivity index (χ2v) is 1.61. The molecule has 0 saturated heterocycles. The van der Waals surface area contributed by atoms with Crippen LogP contribution < -0.4 is 5.73 Å². The first-order valence-corrected chi connectivity index (χ1v) is 2.96. The van der Waals surface area contributed by atoms with Gasteiger partial charge in [0.15, 0.2) is 0 Å². The Hall–Kier alpha value is -0.570. The van der Waals surface area contributed by atoms with E-state index in [1.54, 1.807) is 0 Å². The van der Waals surface area contributed by atoms with Crippen molar-refractivity contribution < 1.29 is 9.53 Å². The van der Waals surface area contributed by atoms with E-state index in [0.29, 0.717) is 26.0 Å². The molecule has 0 rings (SSSR count). The summed E-state index contributed by atoms with van der Waals surface area (Å²) in [5, 5.41) is 0. The van der Waals surface area contributed by atoms with Gasteiger partial charge in [-0.1, -0.05) is 0 Å². The number of ether oxygens (including phenoxy) is 1. The Morgan fingerprint density at radius 3 is 2.78 bits per heavy atom. The SMILES string of the molecule is [CH2]CCOC(=O)CCN. The summed E-state index contributed by atoms with van der Waals surface area (Å²) < 4.78 is 4.65. The van der Waals surface area contributed by atoms with Crippen LogP contribution in [-0.4, -0.2) is 19.1 Å². The lowest BCUT2D eigenvalue weighted by Crippen LogP contribution is -2.11. The molecular weight excluding hydrogens is 118 g/mol. The van der Waals surface area contributed by atoms with E-state index in [9.17, 15) is 4.79 Å². The van der Waals surface area contributed by atoms with Crippen LogP contribution in [-0.2, 0) is 9.53 Å². The number of esters is 1. The molecule has 0 heterocycles. The number of hydrogen-bond acceptors (Lipinski definition) is 3. The molecule has 0 aromatic heterocycles. The third-order valence-electron chi connectivity index (χ3n) is 0.756. The van der Waals surface area contributed by atoms with Crippen molar-refractivity contribution in [3.8, 4) is 0 Å². The molecule has 3 heteroatoms. The van der Waals surface area contributed by atoms with Crippen molar-refractivity contribution in [2.24, 2.45) is 5.73 Å². The molecule has 0 amide bonds. The van der Waals surface area contributed by atoms with E-state index in [1.807, 2.05) is 0 Å². The monoisotopic (exact) mass is 130 g/mol. The summed E-state index contributed by atoms with van der Waals surface area (Å²) in [5.41, 5.74) is 5.08. The minimum atomic E-state index is -0.235. The fraction of sp³-hybridized carbons (Fsp3) is 0.667. The van der Waals surface area contributed by atoms with E-state index in [2.05, 4.69) is 11.7 Å². The molecule has 0 spiro atoms. The molecule has 0 aliphatic heterocycles. The fourth-order valence-electron chi connectivity index (χ4n) is 0.376.